The normalized spacial score (nSPS) is 17.0. The molecule has 1 heterocycles. The second-order valence-electron chi connectivity index (χ2n) is 7.80. The number of benzene rings is 2. The molecule has 3 rings (SSSR count). The molecule has 0 spiro atoms. The van der Waals surface area contributed by atoms with Crippen LogP contribution in [0.5, 0.6) is 0 Å². The van der Waals surface area contributed by atoms with Crippen LogP contribution in [0.4, 0.5) is 4.79 Å². The van der Waals surface area contributed by atoms with E-state index in [-0.39, 0.29) is 17.5 Å². The van der Waals surface area contributed by atoms with Crippen LogP contribution in [0.2, 0.25) is 5.02 Å². The highest BCUT2D eigenvalue weighted by atomic mass is 35.5. The third-order valence-corrected chi connectivity index (χ3v) is 8.82. The molecule has 0 aliphatic carbocycles. The zero-order valence-corrected chi connectivity index (χ0v) is 20.1. The van der Waals surface area contributed by atoms with Crippen LogP contribution in [0.15, 0.2) is 63.2 Å². The van der Waals surface area contributed by atoms with Crippen LogP contribution in [-0.2, 0) is 9.84 Å². The maximum Gasteiger partial charge on any atom is 0.317 e. The van der Waals surface area contributed by atoms with E-state index in [9.17, 15) is 13.2 Å². The van der Waals surface area contributed by atoms with Crippen LogP contribution in [-0.4, -0.2) is 69.8 Å². The average Bonchev–Trinajstić information content (AvgIpc) is 2.75. The van der Waals surface area contributed by atoms with Gasteiger partial charge in [-0.3, -0.25) is 0 Å². The molecule has 1 N–H and O–H groups in total. The van der Waals surface area contributed by atoms with Gasteiger partial charge in [-0.15, -0.1) is 0 Å². The number of sulfone groups is 1. The lowest BCUT2D eigenvalue weighted by Gasteiger charge is -2.32. The molecule has 1 atom stereocenters. The number of piperidine rings is 1. The molecule has 0 saturated carbocycles. The lowest BCUT2D eigenvalue weighted by molar-refractivity contribution is 0.186. The fourth-order valence-electron chi connectivity index (χ4n) is 3.42. The smallest absolute Gasteiger partial charge is 0.317 e. The largest absolute Gasteiger partial charge is 0.337 e. The fraction of sp³-hybridized carbons (Fsp3) is 0.409. The van der Waals surface area contributed by atoms with Gasteiger partial charge in [-0.2, -0.15) is 0 Å². The highest BCUT2D eigenvalue weighted by molar-refractivity contribution is 7.99. The number of urea groups is 1. The van der Waals surface area contributed by atoms with E-state index in [4.69, 9.17) is 11.6 Å². The number of halogens is 1. The summed E-state index contributed by atoms with van der Waals surface area (Å²) in [6.45, 7) is 2.00. The van der Waals surface area contributed by atoms with Crippen LogP contribution in [0.3, 0.4) is 0 Å². The minimum absolute atomic E-state index is 0.189. The molecule has 1 fully saturated rings. The number of hydrogen-bond donors (Lipinski definition) is 1. The molecule has 2 amide bonds. The summed E-state index contributed by atoms with van der Waals surface area (Å²) in [5, 5.41) is 2.63. The SMILES string of the molecule is CN(C)CCNC(=O)N1CCCC(S(=O)(=O)c2ccc(Sc3ccccc3)c(Cl)c2)C1. The van der Waals surface area contributed by atoms with Gasteiger partial charge in [0, 0.05) is 36.0 Å². The predicted molar refractivity (Wildman–Crippen MR) is 126 cm³/mol. The van der Waals surface area contributed by atoms with Crippen molar-refractivity contribution >= 4 is 39.2 Å². The first kappa shape index (κ1) is 23.9. The summed E-state index contributed by atoms with van der Waals surface area (Å²) in [6.07, 6.45) is 1.18. The fourth-order valence-corrected chi connectivity index (χ4v) is 6.40. The predicted octanol–water partition coefficient (Wildman–Crippen LogP) is 4.00. The quantitative estimate of drug-likeness (QED) is 0.647. The maximum atomic E-state index is 13.3. The molecule has 1 saturated heterocycles. The number of carbonyl (C=O) groups is 1. The summed E-state index contributed by atoms with van der Waals surface area (Å²) in [4.78, 5) is 18.1. The van der Waals surface area contributed by atoms with Gasteiger partial charge in [-0.25, -0.2) is 13.2 Å². The summed E-state index contributed by atoms with van der Waals surface area (Å²) < 4.78 is 26.5. The highest BCUT2D eigenvalue weighted by Gasteiger charge is 2.34. The highest BCUT2D eigenvalue weighted by Crippen LogP contribution is 2.35. The Morgan fingerprint density at radius 3 is 2.65 bits per heavy atom. The molecule has 1 aliphatic heterocycles. The topological polar surface area (TPSA) is 69.7 Å². The van der Waals surface area contributed by atoms with E-state index < -0.39 is 15.1 Å². The molecule has 1 unspecified atom stereocenters. The van der Waals surface area contributed by atoms with Crippen molar-refractivity contribution in [3.63, 3.8) is 0 Å². The third-order valence-electron chi connectivity index (χ3n) is 5.14. The van der Waals surface area contributed by atoms with E-state index in [2.05, 4.69) is 5.32 Å². The van der Waals surface area contributed by atoms with Gasteiger partial charge in [0.25, 0.3) is 0 Å². The summed E-state index contributed by atoms with van der Waals surface area (Å²) >= 11 is 7.91. The number of likely N-dealkylation sites (N-methyl/N-ethyl adjacent to an activating group) is 1. The van der Waals surface area contributed by atoms with Crippen molar-refractivity contribution in [2.75, 3.05) is 40.3 Å². The van der Waals surface area contributed by atoms with Gasteiger partial charge in [0.05, 0.1) is 15.2 Å². The van der Waals surface area contributed by atoms with Crippen LogP contribution in [0, 0.1) is 0 Å². The molecule has 0 radical (unpaired) electrons. The van der Waals surface area contributed by atoms with Crippen LogP contribution in [0.25, 0.3) is 0 Å². The van der Waals surface area contributed by atoms with Crippen molar-refractivity contribution in [1.82, 2.24) is 15.1 Å². The number of hydrogen-bond acceptors (Lipinski definition) is 5. The molecule has 9 heteroatoms. The summed E-state index contributed by atoms with van der Waals surface area (Å²) in [7, 11) is 0.272. The zero-order valence-electron chi connectivity index (χ0n) is 17.8. The first-order valence-corrected chi connectivity index (χ1v) is 13.0. The summed E-state index contributed by atoms with van der Waals surface area (Å²) in [5.41, 5.74) is 0. The number of nitrogens with one attached hydrogen (secondary N) is 1. The van der Waals surface area contributed by atoms with Crippen LogP contribution in [0.1, 0.15) is 12.8 Å². The van der Waals surface area contributed by atoms with Gasteiger partial charge in [0.1, 0.15) is 0 Å². The Hall–Kier alpha value is -1.74. The second kappa shape index (κ2) is 10.7. The Balaban J connectivity index is 1.69. The Morgan fingerprint density at radius 1 is 1.23 bits per heavy atom. The van der Waals surface area contributed by atoms with Crippen LogP contribution < -0.4 is 5.32 Å². The van der Waals surface area contributed by atoms with Crippen molar-refractivity contribution in [2.45, 2.75) is 32.8 Å². The number of rotatable bonds is 7. The molecule has 2 aromatic carbocycles. The second-order valence-corrected chi connectivity index (χ2v) is 11.5. The standard InChI is InChI=1S/C22H28ClN3O3S2/c1-25(2)14-12-24-22(27)26-13-6-9-19(16-26)31(28,29)18-10-11-21(20(23)15-18)30-17-7-4-3-5-8-17/h3-5,7-8,10-11,15,19H,6,9,12-14,16H2,1-2H3,(H,24,27). The van der Waals surface area contributed by atoms with Gasteiger partial charge in [0.2, 0.25) is 0 Å². The Morgan fingerprint density at radius 2 is 1.97 bits per heavy atom. The van der Waals surface area contributed by atoms with Crippen LogP contribution >= 0.6 is 23.4 Å². The lowest BCUT2D eigenvalue weighted by Crippen LogP contribution is -2.49. The van der Waals surface area contributed by atoms with E-state index in [1.807, 2.05) is 49.3 Å². The number of nitrogens with zero attached hydrogens (tertiary/aromatic N) is 2. The van der Waals surface area contributed by atoms with Gasteiger partial charge in [-0.1, -0.05) is 41.6 Å². The molecule has 2 aromatic rings. The van der Waals surface area contributed by atoms with Crippen molar-refractivity contribution in [3.05, 3.63) is 53.6 Å². The molecule has 6 nitrogen and oxygen atoms in total. The first-order valence-electron chi connectivity index (χ1n) is 10.2. The number of carbonyl (C=O) groups excluding carboxylic acids is 1. The van der Waals surface area contributed by atoms with Crippen molar-refractivity contribution in [3.8, 4) is 0 Å². The van der Waals surface area contributed by atoms with E-state index in [0.717, 1.165) is 16.3 Å². The molecule has 0 aromatic heterocycles. The molecule has 31 heavy (non-hydrogen) atoms. The summed E-state index contributed by atoms with van der Waals surface area (Å²) in [5.74, 6) is 0. The molecular formula is C22H28ClN3O3S2. The van der Waals surface area contributed by atoms with E-state index in [0.29, 0.717) is 31.0 Å². The maximum absolute atomic E-state index is 13.3. The van der Waals surface area contributed by atoms with E-state index in [1.54, 1.807) is 17.0 Å². The van der Waals surface area contributed by atoms with Gasteiger partial charge >= 0.3 is 6.03 Å². The van der Waals surface area contributed by atoms with Crippen molar-refractivity contribution in [2.24, 2.45) is 0 Å². The van der Waals surface area contributed by atoms with Gasteiger partial charge in [0.15, 0.2) is 9.84 Å². The molecular weight excluding hydrogens is 454 g/mol. The minimum atomic E-state index is -3.60. The van der Waals surface area contributed by atoms with E-state index in [1.165, 1.54) is 17.8 Å². The number of amides is 2. The lowest BCUT2D eigenvalue weighted by atomic mass is 10.1. The number of likely N-dealkylation sites (tertiary alicyclic amines) is 1. The average molecular weight is 482 g/mol. The van der Waals surface area contributed by atoms with Gasteiger partial charge < -0.3 is 15.1 Å². The van der Waals surface area contributed by atoms with Crippen molar-refractivity contribution in [1.29, 1.82) is 0 Å². The molecule has 0 bridgehead atoms. The molecule has 168 valence electrons. The Kier molecular flexibility index (Phi) is 8.27. The Bertz CT molecular complexity index is 1000. The van der Waals surface area contributed by atoms with Crippen molar-refractivity contribution < 1.29 is 13.2 Å². The minimum Gasteiger partial charge on any atom is -0.337 e. The zero-order chi connectivity index (χ0) is 22.4. The summed E-state index contributed by atoms with van der Waals surface area (Å²) in [6, 6.07) is 14.5. The Labute approximate surface area is 193 Å². The third kappa shape index (κ3) is 6.38. The van der Waals surface area contributed by atoms with Gasteiger partial charge in [-0.05, 0) is 57.3 Å². The monoisotopic (exact) mass is 481 g/mol. The van der Waals surface area contributed by atoms with E-state index >= 15 is 0 Å². The first-order chi connectivity index (χ1) is 14.8. The molecule has 1 aliphatic rings.